The Morgan fingerprint density at radius 3 is 2.00 bits per heavy atom. The predicted molar refractivity (Wildman–Crippen MR) is 100.0 cm³/mol. The second-order valence-corrected chi connectivity index (χ2v) is 11.0. The normalized spacial score (nSPS) is 19.5. The highest BCUT2D eigenvalue weighted by atomic mass is 32.2. The van der Waals surface area contributed by atoms with Crippen molar-refractivity contribution in [2.45, 2.75) is 108 Å². The third-order valence-electron chi connectivity index (χ3n) is 4.94. The van der Waals surface area contributed by atoms with Gasteiger partial charge in [-0.05, 0) is 33.6 Å². The lowest BCUT2D eigenvalue weighted by atomic mass is 9.99. The van der Waals surface area contributed by atoms with Crippen LogP contribution in [0.2, 0.25) is 0 Å². The zero-order chi connectivity index (χ0) is 18.3. The van der Waals surface area contributed by atoms with Crippen molar-refractivity contribution in [2.24, 2.45) is 0 Å². The molecule has 0 amide bonds. The fraction of sp³-hybridized carbons (Fsp3) is 1.00. The summed E-state index contributed by atoms with van der Waals surface area (Å²) in [5.41, 5.74) is 0. The smallest absolute Gasteiger partial charge is 0.169 e. The molecule has 24 heavy (non-hydrogen) atoms. The van der Waals surface area contributed by atoms with Crippen LogP contribution >= 0.6 is 0 Å². The molecule has 1 fully saturated rings. The Morgan fingerprint density at radius 2 is 1.50 bits per heavy atom. The summed E-state index contributed by atoms with van der Waals surface area (Å²) in [6, 6.07) is 0. The molecule has 4 nitrogen and oxygen atoms in total. The summed E-state index contributed by atoms with van der Waals surface area (Å²) >= 11 is 0. The van der Waals surface area contributed by atoms with Crippen LogP contribution in [-0.2, 0) is 19.3 Å². The highest BCUT2D eigenvalue weighted by Gasteiger charge is 2.45. The average molecular weight is 363 g/mol. The van der Waals surface area contributed by atoms with Crippen LogP contribution < -0.4 is 0 Å². The van der Waals surface area contributed by atoms with E-state index in [1.165, 1.54) is 0 Å². The van der Waals surface area contributed by atoms with Gasteiger partial charge in [0.15, 0.2) is 15.6 Å². The minimum Gasteiger partial charge on any atom is -0.347 e. The molecule has 1 aliphatic heterocycles. The van der Waals surface area contributed by atoms with Crippen LogP contribution in [0.5, 0.6) is 0 Å². The standard InChI is InChI=1S/C19H38O4S/c1-6-8-10-12-17(24(20,21)18(3,4)5)16-19(13-11-9-7-2)22-14-15-23-19/h17H,6-16H2,1-5H3. The second kappa shape index (κ2) is 9.54. The molecule has 0 bridgehead atoms. The molecule has 0 radical (unpaired) electrons. The molecule has 1 unspecified atom stereocenters. The molecule has 0 N–H and O–H groups in total. The fourth-order valence-electron chi connectivity index (χ4n) is 3.34. The van der Waals surface area contributed by atoms with E-state index < -0.39 is 20.4 Å². The van der Waals surface area contributed by atoms with E-state index in [1.807, 2.05) is 0 Å². The van der Waals surface area contributed by atoms with Crippen molar-refractivity contribution in [3.05, 3.63) is 0 Å². The maximum absolute atomic E-state index is 13.1. The van der Waals surface area contributed by atoms with Gasteiger partial charge in [0.2, 0.25) is 0 Å². The van der Waals surface area contributed by atoms with E-state index in [9.17, 15) is 8.42 Å². The van der Waals surface area contributed by atoms with E-state index >= 15 is 0 Å². The fourth-order valence-corrected chi connectivity index (χ4v) is 5.29. The third kappa shape index (κ3) is 5.99. The summed E-state index contributed by atoms with van der Waals surface area (Å²) in [4.78, 5) is 0. The van der Waals surface area contributed by atoms with Crippen molar-refractivity contribution < 1.29 is 17.9 Å². The maximum atomic E-state index is 13.1. The summed E-state index contributed by atoms with van der Waals surface area (Å²) in [5.74, 6) is -0.690. The van der Waals surface area contributed by atoms with Crippen molar-refractivity contribution >= 4 is 9.84 Å². The largest absolute Gasteiger partial charge is 0.347 e. The van der Waals surface area contributed by atoms with Crippen LogP contribution in [0, 0.1) is 0 Å². The molecule has 1 rings (SSSR count). The monoisotopic (exact) mass is 362 g/mol. The lowest BCUT2D eigenvalue weighted by molar-refractivity contribution is -0.168. The zero-order valence-electron chi connectivity index (χ0n) is 16.4. The minimum absolute atomic E-state index is 0.385. The Balaban J connectivity index is 2.92. The van der Waals surface area contributed by atoms with E-state index in [0.717, 1.165) is 44.9 Å². The number of hydrogen-bond donors (Lipinski definition) is 0. The molecule has 0 aromatic heterocycles. The van der Waals surface area contributed by atoms with Crippen molar-refractivity contribution in [1.29, 1.82) is 0 Å². The van der Waals surface area contributed by atoms with E-state index in [0.29, 0.717) is 26.1 Å². The van der Waals surface area contributed by atoms with Gasteiger partial charge in [0.1, 0.15) is 0 Å². The molecule has 0 aliphatic carbocycles. The lowest BCUT2D eigenvalue weighted by Gasteiger charge is -2.34. The van der Waals surface area contributed by atoms with Gasteiger partial charge in [-0.25, -0.2) is 8.42 Å². The molecular weight excluding hydrogens is 324 g/mol. The van der Waals surface area contributed by atoms with Gasteiger partial charge < -0.3 is 9.47 Å². The topological polar surface area (TPSA) is 52.6 Å². The number of rotatable bonds is 11. The van der Waals surface area contributed by atoms with Gasteiger partial charge in [-0.3, -0.25) is 0 Å². The number of ether oxygens (including phenoxy) is 2. The van der Waals surface area contributed by atoms with Crippen LogP contribution in [0.4, 0.5) is 0 Å². The Morgan fingerprint density at radius 1 is 0.958 bits per heavy atom. The molecule has 1 aliphatic rings. The number of sulfone groups is 1. The summed E-state index contributed by atoms with van der Waals surface area (Å²) in [7, 11) is -3.24. The molecule has 1 atom stereocenters. The molecule has 0 aromatic carbocycles. The highest BCUT2D eigenvalue weighted by Crippen LogP contribution is 2.36. The third-order valence-corrected chi connectivity index (χ3v) is 7.92. The van der Waals surface area contributed by atoms with Crippen molar-refractivity contribution in [3.8, 4) is 0 Å². The lowest BCUT2D eigenvalue weighted by Crippen LogP contribution is -2.43. The van der Waals surface area contributed by atoms with Gasteiger partial charge in [0, 0.05) is 12.8 Å². The molecular formula is C19H38O4S. The quantitative estimate of drug-likeness (QED) is 0.492. The van der Waals surface area contributed by atoms with Gasteiger partial charge in [-0.15, -0.1) is 0 Å². The molecule has 144 valence electrons. The van der Waals surface area contributed by atoms with E-state index in [-0.39, 0.29) is 5.25 Å². The number of hydrogen-bond acceptors (Lipinski definition) is 4. The summed E-state index contributed by atoms with van der Waals surface area (Å²) < 4.78 is 37.3. The zero-order valence-corrected chi connectivity index (χ0v) is 17.2. The Kier molecular flexibility index (Phi) is 8.71. The summed E-state index contributed by atoms with van der Waals surface area (Å²) in [6.07, 6.45) is 8.37. The first-order valence-corrected chi connectivity index (χ1v) is 11.2. The molecule has 1 saturated heterocycles. The van der Waals surface area contributed by atoms with Gasteiger partial charge in [0.05, 0.1) is 23.2 Å². The second-order valence-electron chi connectivity index (χ2n) is 8.04. The maximum Gasteiger partial charge on any atom is 0.169 e. The van der Waals surface area contributed by atoms with Crippen LogP contribution in [0.1, 0.15) is 92.4 Å². The first-order valence-electron chi connectivity index (χ1n) is 9.70. The molecule has 5 heteroatoms. The molecule has 0 saturated carbocycles. The van der Waals surface area contributed by atoms with Gasteiger partial charge in [-0.2, -0.15) is 0 Å². The summed E-state index contributed by atoms with van der Waals surface area (Å²) in [6.45, 7) is 10.9. The first kappa shape index (κ1) is 21.9. The van der Waals surface area contributed by atoms with Crippen LogP contribution in [0.3, 0.4) is 0 Å². The Bertz CT molecular complexity index is 444. The van der Waals surface area contributed by atoms with Gasteiger partial charge in [0.25, 0.3) is 0 Å². The molecule has 1 heterocycles. The first-order chi connectivity index (χ1) is 11.2. The Hall–Kier alpha value is -0.130. The van der Waals surface area contributed by atoms with Gasteiger partial charge in [-0.1, -0.05) is 46.0 Å². The van der Waals surface area contributed by atoms with Crippen LogP contribution in [0.25, 0.3) is 0 Å². The summed E-state index contributed by atoms with van der Waals surface area (Å²) in [5, 5.41) is -0.385. The van der Waals surface area contributed by atoms with E-state index in [1.54, 1.807) is 20.8 Å². The predicted octanol–water partition coefficient (Wildman–Crippen LogP) is 4.86. The van der Waals surface area contributed by atoms with Crippen molar-refractivity contribution in [1.82, 2.24) is 0 Å². The minimum atomic E-state index is -3.24. The van der Waals surface area contributed by atoms with E-state index in [2.05, 4.69) is 13.8 Å². The number of unbranched alkanes of at least 4 members (excludes halogenated alkanes) is 4. The van der Waals surface area contributed by atoms with Gasteiger partial charge >= 0.3 is 0 Å². The SMILES string of the molecule is CCCCCC(CC1(CCCCC)OCCO1)S(=O)(=O)C(C)(C)C. The molecule has 0 spiro atoms. The van der Waals surface area contributed by atoms with Crippen molar-refractivity contribution in [2.75, 3.05) is 13.2 Å². The average Bonchev–Trinajstić information content (AvgIpc) is 2.94. The highest BCUT2D eigenvalue weighted by molar-refractivity contribution is 7.93. The molecule has 0 aromatic rings. The van der Waals surface area contributed by atoms with Crippen LogP contribution in [-0.4, -0.2) is 37.4 Å². The Labute approximate surface area is 149 Å². The van der Waals surface area contributed by atoms with Crippen molar-refractivity contribution in [3.63, 3.8) is 0 Å². The van der Waals surface area contributed by atoms with Crippen LogP contribution in [0.15, 0.2) is 0 Å². The van der Waals surface area contributed by atoms with E-state index in [4.69, 9.17) is 9.47 Å².